The number of guanidine groups is 1. The highest BCUT2D eigenvalue weighted by atomic mass is 16.5. The number of hydrogen-bond acceptors (Lipinski definition) is 4. The fraction of sp³-hybridized carbons (Fsp3) is 0.632. The summed E-state index contributed by atoms with van der Waals surface area (Å²) in [5.74, 6) is 0.853. The first-order valence-electron chi connectivity index (χ1n) is 9.26. The summed E-state index contributed by atoms with van der Waals surface area (Å²) >= 11 is 0. The van der Waals surface area contributed by atoms with Crippen molar-refractivity contribution in [3.63, 3.8) is 0 Å². The first-order chi connectivity index (χ1) is 12.2. The first-order valence-corrected chi connectivity index (χ1v) is 9.26. The van der Waals surface area contributed by atoms with E-state index in [9.17, 15) is 5.11 Å². The quantitative estimate of drug-likeness (QED) is 0.329. The lowest BCUT2D eigenvalue weighted by atomic mass is 9.93. The van der Waals surface area contributed by atoms with Gasteiger partial charge in [-0.05, 0) is 50.3 Å². The van der Waals surface area contributed by atoms with Gasteiger partial charge in [0.25, 0.3) is 0 Å². The van der Waals surface area contributed by atoms with Gasteiger partial charge in [-0.3, -0.25) is 0 Å². The van der Waals surface area contributed by atoms with Crippen LogP contribution in [0.25, 0.3) is 0 Å². The summed E-state index contributed by atoms with van der Waals surface area (Å²) in [5.41, 5.74) is 2.27. The van der Waals surface area contributed by atoms with Gasteiger partial charge in [-0.25, -0.2) is 4.99 Å². The second-order valence-corrected chi connectivity index (χ2v) is 6.46. The fourth-order valence-electron chi connectivity index (χ4n) is 2.93. The number of hydrogen-bond donors (Lipinski definition) is 4. The number of aliphatic imine (C=N–C) groups is 1. The highest BCUT2D eigenvalue weighted by Crippen LogP contribution is 2.18. The van der Waals surface area contributed by atoms with E-state index in [0.29, 0.717) is 19.2 Å². The van der Waals surface area contributed by atoms with Gasteiger partial charge < -0.3 is 25.8 Å². The van der Waals surface area contributed by atoms with Crippen LogP contribution in [0, 0.1) is 0 Å². The Hall–Kier alpha value is -1.79. The summed E-state index contributed by atoms with van der Waals surface area (Å²) < 4.78 is 5.04. The van der Waals surface area contributed by atoms with Gasteiger partial charge in [-0.2, -0.15) is 0 Å². The maximum Gasteiger partial charge on any atom is 0.191 e. The fourth-order valence-corrected chi connectivity index (χ4v) is 2.93. The number of benzene rings is 1. The lowest BCUT2D eigenvalue weighted by Gasteiger charge is -2.27. The monoisotopic (exact) mass is 348 g/mol. The van der Waals surface area contributed by atoms with E-state index < -0.39 is 0 Å². The summed E-state index contributed by atoms with van der Waals surface area (Å²) in [4.78, 5) is 4.69. The Morgan fingerprint density at radius 2 is 1.92 bits per heavy atom. The maximum absolute atomic E-state index is 9.62. The summed E-state index contributed by atoms with van der Waals surface area (Å²) in [6.45, 7) is 5.05. The second-order valence-electron chi connectivity index (χ2n) is 6.46. The van der Waals surface area contributed by atoms with Gasteiger partial charge in [0.2, 0.25) is 0 Å². The molecule has 0 atom stereocenters. The van der Waals surface area contributed by atoms with E-state index in [1.165, 1.54) is 5.56 Å². The van der Waals surface area contributed by atoms with Gasteiger partial charge >= 0.3 is 0 Å². The van der Waals surface area contributed by atoms with Crippen LogP contribution in [0.15, 0.2) is 29.3 Å². The zero-order chi connectivity index (χ0) is 17.9. The molecule has 0 aromatic heterocycles. The molecule has 0 saturated heterocycles. The van der Waals surface area contributed by atoms with Gasteiger partial charge in [-0.15, -0.1) is 0 Å². The van der Waals surface area contributed by atoms with E-state index in [0.717, 1.165) is 50.4 Å². The van der Waals surface area contributed by atoms with Crippen LogP contribution in [-0.2, 0) is 11.3 Å². The third-order valence-electron chi connectivity index (χ3n) is 4.39. The van der Waals surface area contributed by atoms with Crippen LogP contribution in [0.2, 0.25) is 0 Å². The smallest absolute Gasteiger partial charge is 0.191 e. The topological polar surface area (TPSA) is 77.9 Å². The van der Waals surface area contributed by atoms with Crippen molar-refractivity contribution in [3.8, 4) is 0 Å². The van der Waals surface area contributed by atoms with Gasteiger partial charge in [0.15, 0.2) is 5.96 Å². The van der Waals surface area contributed by atoms with Crippen LogP contribution >= 0.6 is 0 Å². The van der Waals surface area contributed by atoms with Crippen molar-refractivity contribution >= 4 is 11.6 Å². The molecule has 140 valence electrons. The number of nitrogens with one attached hydrogen (secondary N) is 3. The zero-order valence-corrected chi connectivity index (χ0v) is 15.4. The summed E-state index contributed by atoms with van der Waals surface area (Å²) in [5, 5.41) is 19.7. The van der Waals surface area contributed by atoms with E-state index in [-0.39, 0.29) is 6.10 Å². The van der Waals surface area contributed by atoms with Crippen molar-refractivity contribution in [1.29, 1.82) is 0 Å². The van der Waals surface area contributed by atoms with Crippen molar-refractivity contribution in [3.05, 3.63) is 29.8 Å². The van der Waals surface area contributed by atoms with Crippen LogP contribution < -0.4 is 16.0 Å². The summed E-state index contributed by atoms with van der Waals surface area (Å²) in [7, 11) is 1.70. The van der Waals surface area contributed by atoms with Crippen molar-refractivity contribution in [2.45, 2.75) is 51.3 Å². The van der Waals surface area contributed by atoms with Crippen LogP contribution in [0.4, 0.5) is 5.69 Å². The standard InChI is InChI=1S/C19H32N4O2/c1-3-20-19(23-17-8-10-18(24)11-9-17)22-14-15-4-6-16(7-5-15)21-12-13-25-2/h4-7,17-18,21,24H,3,8-14H2,1-2H3,(H2,20,22,23). The molecular weight excluding hydrogens is 316 g/mol. The minimum absolute atomic E-state index is 0.131. The highest BCUT2D eigenvalue weighted by molar-refractivity contribution is 5.80. The van der Waals surface area contributed by atoms with Crippen LogP contribution in [0.1, 0.15) is 38.2 Å². The van der Waals surface area contributed by atoms with E-state index in [2.05, 4.69) is 47.1 Å². The molecule has 1 aromatic carbocycles. The Labute approximate surface area is 151 Å². The molecule has 4 N–H and O–H groups in total. The molecule has 6 nitrogen and oxygen atoms in total. The molecule has 0 unspecified atom stereocenters. The Balaban J connectivity index is 1.85. The minimum Gasteiger partial charge on any atom is -0.393 e. The van der Waals surface area contributed by atoms with Crippen LogP contribution in [-0.4, -0.2) is 50.0 Å². The number of aliphatic hydroxyl groups is 1. The molecule has 0 amide bonds. The van der Waals surface area contributed by atoms with Crippen molar-refractivity contribution in [2.24, 2.45) is 4.99 Å². The molecule has 1 aliphatic rings. The Morgan fingerprint density at radius 1 is 1.20 bits per heavy atom. The molecule has 1 fully saturated rings. The highest BCUT2D eigenvalue weighted by Gasteiger charge is 2.19. The van der Waals surface area contributed by atoms with Crippen LogP contribution in [0.5, 0.6) is 0 Å². The second kappa shape index (κ2) is 10.9. The zero-order valence-electron chi connectivity index (χ0n) is 15.4. The Morgan fingerprint density at radius 3 is 2.56 bits per heavy atom. The van der Waals surface area contributed by atoms with E-state index in [1.54, 1.807) is 7.11 Å². The predicted molar refractivity (Wildman–Crippen MR) is 103 cm³/mol. The third kappa shape index (κ3) is 7.32. The molecule has 25 heavy (non-hydrogen) atoms. The number of nitrogens with zero attached hydrogens (tertiary/aromatic N) is 1. The molecule has 0 bridgehead atoms. The molecule has 6 heteroatoms. The van der Waals surface area contributed by atoms with Crippen molar-refractivity contribution in [1.82, 2.24) is 10.6 Å². The van der Waals surface area contributed by atoms with E-state index in [1.807, 2.05) is 0 Å². The number of rotatable bonds is 8. The normalized spacial score (nSPS) is 21.0. The minimum atomic E-state index is -0.131. The summed E-state index contributed by atoms with van der Waals surface area (Å²) in [6.07, 6.45) is 3.60. The van der Waals surface area contributed by atoms with Gasteiger partial charge in [0, 0.05) is 31.9 Å². The number of anilines is 1. The molecule has 0 radical (unpaired) electrons. The Kier molecular flexibility index (Phi) is 8.55. The lowest BCUT2D eigenvalue weighted by molar-refractivity contribution is 0.120. The molecule has 0 heterocycles. The summed E-state index contributed by atoms with van der Waals surface area (Å²) in [6, 6.07) is 8.74. The maximum atomic E-state index is 9.62. The molecule has 1 saturated carbocycles. The average molecular weight is 348 g/mol. The molecule has 0 aliphatic heterocycles. The number of aliphatic hydroxyl groups excluding tert-OH is 1. The van der Waals surface area contributed by atoms with Gasteiger partial charge in [0.1, 0.15) is 0 Å². The predicted octanol–water partition coefficient (Wildman–Crippen LogP) is 2.10. The molecule has 1 aromatic rings. The van der Waals surface area contributed by atoms with Crippen molar-refractivity contribution < 1.29 is 9.84 Å². The van der Waals surface area contributed by atoms with Crippen molar-refractivity contribution in [2.75, 3.05) is 32.1 Å². The molecule has 2 rings (SSSR count). The Bertz CT molecular complexity index is 511. The molecule has 1 aliphatic carbocycles. The molecular formula is C19H32N4O2. The first kappa shape index (κ1) is 19.5. The SMILES string of the molecule is CCNC(=NCc1ccc(NCCOC)cc1)NC1CCC(O)CC1. The van der Waals surface area contributed by atoms with E-state index in [4.69, 9.17) is 9.73 Å². The largest absolute Gasteiger partial charge is 0.393 e. The third-order valence-corrected chi connectivity index (χ3v) is 4.39. The van der Waals surface area contributed by atoms with Crippen LogP contribution in [0.3, 0.4) is 0 Å². The lowest BCUT2D eigenvalue weighted by Crippen LogP contribution is -2.45. The molecule has 0 spiro atoms. The van der Waals surface area contributed by atoms with Gasteiger partial charge in [0.05, 0.1) is 19.3 Å². The number of methoxy groups -OCH3 is 1. The number of ether oxygens (including phenoxy) is 1. The van der Waals surface area contributed by atoms with E-state index >= 15 is 0 Å². The van der Waals surface area contributed by atoms with Gasteiger partial charge in [-0.1, -0.05) is 12.1 Å². The average Bonchev–Trinajstić information content (AvgIpc) is 2.63.